The Labute approximate surface area is 87.9 Å². The van der Waals surface area contributed by atoms with Gasteiger partial charge in [-0.05, 0) is 13.8 Å². The molecule has 0 bridgehead atoms. The zero-order valence-corrected chi connectivity index (χ0v) is 9.22. The highest BCUT2D eigenvalue weighted by molar-refractivity contribution is 7.88. The van der Waals surface area contributed by atoms with Crippen LogP contribution in [0.2, 0.25) is 0 Å². The summed E-state index contributed by atoms with van der Waals surface area (Å²) >= 11 is 0. The van der Waals surface area contributed by atoms with Crippen LogP contribution in [0.1, 0.15) is 13.8 Å². The van der Waals surface area contributed by atoms with E-state index in [0.717, 1.165) is 0 Å². The molecule has 0 fully saturated rings. The number of amides is 1. The second-order valence-electron chi connectivity index (χ2n) is 2.91. The summed E-state index contributed by atoms with van der Waals surface area (Å²) in [6.07, 6.45) is -1.51. The van der Waals surface area contributed by atoms with Gasteiger partial charge in [-0.1, -0.05) is 0 Å². The average Bonchev–Trinajstić information content (AvgIpc) is 1.98. The van der Waals surface area contributed by atoms with Gasteiger partial charge in [0.25, 0.3) is 0 Å². The van der Waals surface area contributed by atoms with E-state index in [0.29, 0.717) is 0 Å². The predicted octanol–water partition coefficient (Wildman–Crippen LogP) is -1.11. The van der Waals surface area contributed by atoms with Crippen molar-refractivity contribution in [1.29, 1.82) is 5.41 Å². The maximum absolute atomic E-state index is 11.1. The highest BCUT2D eigenvalue weighted by Gasteiger charge is 2.15. The van der Waals surface area contributed by atoms with Gasteiger partial charge in [-0.3, -0.25) is 5.41 Å². The van der Waals surface area contributed by atoms with E-state index in [-0.39, 0.29) is 12.4 Å². The Balaban J connectivity index is 4.14. The number of ether oxygens (including phenoxy) is 1. The van der Waals surface area contributed by atoms with Crippen LogP contribution in [-0.2, 0) is 14.9 Å². The van der Waals surface area contributed by atoms with Crippen LogP contribution in [0.25, 0.3) is 0 Å². The van der Waals surface area contributed by atoms with Crippen molar-refractivity contribution < 1.29 is 17.9 Å². The van der Waals surface area contributed by atoms with Crippen LogP contribution in [0.4, 0.5) is 4.79 Å². The molecule has 0 aliphatic rings. The fraction of sp³-hybridized carbons (Fsp3) is 0.667. The number of carbonyl (C=O) groups is 1. The smallest absolute Gasteiger partial charge is 0.422 e. The van der Waals surface area contributed by atoms with Crippen LogP contribution in [-0.4, -0.2) is 33.0 Å². The quantitative estimate of drug-likeness (QED) is 0.356. The zero-order chi connectivity index (χ0) is 12.1. The third-order valence-corrected chi connectivity index (χ3v) is 1.97. The minimum absolute atomic E-state index is 0.363. The molecule has 0 unspecified atom stereocenters. The first-order chi connectivity index (χ1) is 6.73. The van der Waals surface area contributed by atoms with E-state index in [1.807, 2.05) is 4.72 Å². The van der Waals surface area contributed by atoms with Gasteiger partial charge in [0.2, 0.25) is 0 Å². The number of rotatable bonds is 5. The molecular weight excluding hydrogens is 224 g/mol. The van der Waals surface area contributed by atoms with Crippen LogP contribution < -0.4 is 15.2 Å². The lowest BCUT2D eigenvalue weighted by Crippen LogP contribution is -2.44. The molecule has 8 nitrogen and oxygen atoms in total. The molecular formula is C6H14N4O4S. The molecule has 1 amide bonds. The maximum atomic E-state index is 11.1. The van der Waals surface area contributed by atoms with E-state index < -0.39 is 22.4 Å². The number of hydrogen-bond acceptors (Lipinski definition) is 5. The molecule has 0 aliphatic carbocycles. The van der Waals surface area contributed by atoms with Gasteiger partial charge in [0.15, 0.2) is 0 Å². The Bertz CT molecular complexity index is 337. The second-order valence-corrected chi connectivity index (χ2v) is 4.41. The van der Waals surface area contributed by atoms with E-state index in [4.69, 9.17) is 11.1 Å². The maximum Gasteiger partial charge on any atom is 0.422 e. The van der Waals surface area contributed by atoms with Crippen molar-refractivity contribution in [3.63, 3.8) is 0 Å². The summed E-state index contributed by atoms with van der Waals surface area (Å²) in [6, 6.07) is 0. The van der Waals surface area contributed by atoms with Crippen LogP contribution in [0.3, 0.4) is 0 Å². The van der Waals surface area contributed by atoms with Crippen LogP contribution in [0.15, 0.2) is 0 Å². The molecule has 0 rings (SSSR count). The molecule has 0 aromatic rings. The van der Waals surface area contributed by atoms with Crippen LogP contribution in [0.5, 0.6) is 0 Å². The fourth-order valence-corrected chi connectivity index (χ4v) is 1.24. The molecule has 0 saturated carbocycles. The zero-order valence-electron chi connectivity index (χ0n) is 8.40. The van der Waals surface area contributed by atoms with E-state index in [1.165, 1.54) is 0 Å². The molecule has 0 spiro atoms. The lowest BCUT2D eigenvalue weighted by Gasteiger charge is -2.10. The topological polar surface area (TPSA) is 134 Å². The van der Waals surface area contributed by atoms with Crippen molar-refractivity contribution in [2.24, 2.45) is 5.73 Å². The lowest BCUT2D eigenvalue weighted by molar-refractivity contribution is 0.121. The molecule has 0 aromatic carbocycles. The van der Waals surface area contributed by atoms with Gasteiger partial charge in [-0.15, -0.1) is 0 Å². The van der Waals surface area contributed by atoms with Gasteiger partial charge in [-0.25, -0.2) is 9.52 Å². The Hall–Kier alpha value is -1.35. The summed E-state index contributed by atoms with van der Waals surface area (Å²) < 4.78 is 30.1. The van der Waals surface area contributed by atoms with Gasteiger partial charge >= 0.3 is 16.3 Å². The van der Waals surface area contributed by atoms with Crippen LogP contribution in [0, 0.1) is 5.41 Å². The average molecular weight is 238 g/mol. The Kier molecular flexibility index (Phi) is 5.02. The first kappa shape index (κ1) is 13.7. The number of carbonyl (C=O) groups excluding carboxylic acids is 1. The Morgan fingerprint density at radius 2 is 2.07 bits per heavy atom. The highest BCUT2D eigenvalue weighted by Crippen LogP contribution is 1.89. The fourth-order valence-electron chi connectivity index (χ4n) is 0.557. The molecule has 0 aromatic heterocycles. The third-order valence-electron chi connectivity index (χ3n) is 1.01. The van der Waals surface area contributed by atoms with Crippen molar-refractivity contribution in [1.82, 2.24) is 9.44 Å². The van der Waals surface area contributed by atoms with Gasteiger partial charge in [0, 0.05) is 0 Å². The standard InChI is InChI=1S/C6H14N4O4S/c1-4(2)14-6(11)10-15(12,13)9-3-5(7)8/h4,9H,3H2,1-2H3,(H3,7,8)(H,10,11). The summed E-state index contributed by atoms with van der Waals surface area (Å²) in [5.74, 6) is -0.363. The lowest BCUT2D eigenvalue weighted by atomic mass is 10.5. The van der Waals surface area contributed by atoms with Gasteiger partial charge < -0.3 is 10.5 Å². The van der Waals surface area contributed by atoms with E-state index >= 15 is 0 Å². The molecule has 5 N–H and O–H groups in total. The number of amidine groups is 1. The first-order valence-electron chi connectivity index (χ1n) is 4.04. The summed E-state index contributed by atoms with van der Waals surface area (Å²) in [6.45, 7) is 2.79. The summed E-state index contributed by atoms with van der Waals surface area (Å²) in [5.41, 5.74) is 4.92. The summed E-state index contributed by atoms with van der Waals surface area (Å²) in [4.78, 5) is 10.9. The molecule has 0 aliphatic heterocycles. The molecule has 9 heteroatoms. The van der Waals surface area contributed by atoms with E-state index in [2.05, 4.69) is 4.74 Å². The molecule has 15 heavy (non-hydrogen) atoms. The minimum Gasteiger partial charge on any atom is -0.446 e. The van der Waals surface area contributed by atoms with E-state index in [1.54, 1.807) is 18.6 Å². The number of hydrogen-bond donors (Lipinski definition) is 4. The summed E-state index contributed by atoms with van der Waals surface area (Å²) in [7, 11) is -4.02. The number of nitrogens with one attached hydrogen (secondary N) is 3. The van der Waals surface area contributed by atoms with Crippen molar-refractivity contribution in [3.8, 4) is 0 Å². The van der Waals surface area contributed by atoms with Crippen molar-refractivity contribution in [2.75, 3.05) is 6.54 Å². The summed E-state index contributed by atoms with van der Waals surface area (Å²) in [5, 5.41) is 6.78. The van der Waals surface area contributed by atoms with Crippen molar-refractivity contribution in [3.05, 3.63) is 0 Å². The predicted molar refractivity (Wildman–Crippen MR) is 53.6 cm³/mol. The monoisotopic (exact) mass is 238 g/mol. The highest BCUT2D eigenvalue weighted by atomic mass is 32.2. The second kappa shape index (κ2) is 5.51. The van der Waals surface area contributed by atoms with Gasteiger partial charge in [0.1, 0.15) is 5.84 Å². The number of nitrogens with two attached hydrogens (primary N) is 1. The first-order valence-corrected chi connectivity index (χ1v) is 5.52. The normalized spacial score (nSPS) is 11.1. The van der Waals surface area contributed by atoms with Crippen molar-refractivity contribution in [2.45, 2.75) is 20.0 Å². The molecule has 0 atom stereocenters. The molecule has 0 radical (unpaired) electrons. The third kappa shape index (κ3) is 7.70. The van der Waals surface area contributed by atoms with Gasteiger partial charge in [0.05, 0.1) is 12.6 Å². The van der Waals surface area contributed by atoms with E-state index in [9.17, 15) is 13.2 Å². The Morgan fingerprint density at radius 3 is 2.47 bits per heavy atom. The Morgan fingerprint density at radius 1 is 1.53 bits per heavy atom. The molecule has 88 valence electrons. The molecule has 0 saturated heterocycles. The minimum atomic E-state index is -4.02. The SMILES string of the molecule is CC(C)OC(=O)NS(=O)(=O)NCC(=N)N. The van der Waals surface area contributed by atoms with Gasteiger partial charge in [-0.2, -0.15) is 13.1 Å². The molecule has 0 heterocycles. The van der Waals surface area contributed by atoms with Crippen molar-refractivity contribution >= 4 is 22.1 Å². The largest absolute Gasteiger partial charge is 0.446 e. The van der Waals surface area contributed by atoms with Crippen LogP contribution >= 0.6 is 0 Å².